The smallest absolute Gasteiger partial charge is 0.406 e. The van der Waals surface area contributed by atoms with Gasteiger partial charge in [-0.1, -0.05) is 6.42 Å². The largest absolute Gasteiger partial charge is 0.469 e. The van der Waals surface area contributed by atoms with E-state index in [0.29, 0.717) is 17.4 Å². The third kappa shape index (κ3) is 7.35. The number of nitrogens with two attached hydrogens (primary N) is 1. The Hall–Kier alpha value is -2.45. The molecule has 16 heteroatoms. The van der Waals surface area contributed by atoms with Crippen molar-refractivity contribution in [1.29, 1.82) is 0 Å². The number of aromatic nitrogens is 2. The van der Waals surface area contributed by atoms with E-state index in [-0.39, 0.29) is 25.2 Å². The fraction of sp³-hybridized carbons (Fsp3) is 0.727. The van der Waals surface area contributed by atoms with Crippen LogP contribution in [0.5, 0.6) is 0 Å². The van der Waals surface area contributed by atoms with E-state index >= 15 is 8.78 Å². The summed E-state index contributed by atoms with van der Waals surface area (Å²) < 4.78 is 69.5. The van der Waals surface area contributed by atoms with Crippen molar-refractivity contribution in [2.24, 2.45) is 5.92 Å². The lowest BCUT2D eigenvalue weighted by Gasteiger charge is -2.32. The molecule has 1 aromatic rings. The molecule has 0 amide bonds. The first-order valence-electron chi connectivity index (χ1n) is 12.0. The summed E-state index contributed by atoms with van der Waals surface area (Å²) in [5.74, 6) is -5.70. The number of nitrogen functional groups attached to an aromatic ring is 1. The molecule has 3 heterocycles. The Balaban J connectivity index is 1.52. The van der Waals surface area contributed by atoms with Crippen LogP contribution < -0.4 is 16.5 Å². The molecule has 2 fully saturated rings. The number of hydrogen-bond donors (Lipinski definition) is 2. The lowest BCUT2D eigenvalue weighted by atomic mass is 9.98. The number of halogens is 2. The van der Waals surface area contributed by atoms with Gasteiger partial charge < -0.3 is 19.9 Å². The molecule has 1 unspecified atom stereocenters. The van der Waals surface area contributed by atoms with E-state index in [0.717, 1.165) is 6.20 Å². The molecular formula is C22H33F2N4O9P. The Morgan fingerprint density at radius 2 is 2.08 bits per heavy atom. The number of unbranched alkanes of at least 4 members (excludes halogenated alkanes) is 1. The van der Waals surface area contributed by atoms with Crippen molar-refractivity contribution < 1.29 is 46.2 Å². The second kappa shape index (κ2) is 11.7. The minimum atomic E-state index is -4.13. The summed E-state index contributed by atoms with van der Waals surface area (Å²) in [6.45, 7) is 4.73. The van der Waals surface area contributed by atoms with Gasteiger partial charge in [0.2, 0.25) is 6.23 Å². The topological polar surface area (TPSA) is 170 Å². The predicted octanol–water partition coefficient (Wildman–Crippen LogP) is 2.16. The molecule has 3 N–H and O–H groups in total. The summed E-state index contributed by atoms with van der Waals surface area (Å²) in [4.78, 5) is 39.6. The number of ether oxygens (including phenoxy) is 3. The van der Waals surface area contributed by atoms with Crippen LogP contribution in [0, 0.1) is 5.92 Å². The van der Waals surface area contributed by atoms with E-state index in [1.54, 1.807) is 20.8 Å². The SMILES string of the molecule is COC(=O)[C@H](CCCCNP1(=O)OC[C@H]2O[C@@H](n3ccc(N)nc3=O)C(F)(F)[C@@H]2O1)CC(=O)OC(C)(C)C. The Bertz CT molecular complexity index is 1130. The van der Waals surface area contributed by atoms with Gasteiger partial charge in [-0.15, -0.1) is 0 Å². The molecule has 38 heavy (non-hydrogen) atoms. The first-order valence-corrected chi connectivity index (χ1v) is 13.5. The quantitative estimate of drug-likeness (QED) is 0.241. The number of nitrogens with one attached hydrogen (secondary N) is 1. The highest BCUT2D eigenvalue weighted by Gasteiger charge is 2.65. The third-order valence-corrected chi connectivity index (χ3v) is 7.37. The molecule has 0 aliphatic carbocycles. The summed E-state index contributed by atoms with van der Waals surface area (Å²) in [7, 11) is -2.92. The van der Waals surface area contributed by atoms with E-state index < -0.39 is 67.9 Å². The number of fused-ring (bicyclic) bond motifs is 1. The molecular weight excluding hydrogens is 533 g/mol. The first-order chi connectivity index (χ1) is 17.6. The van der Waals surface area contributed by atoms with Crippen LogP contribution in [-0.2, 0) is 37.4 Å². The summed E-state index contributed by atoms with van der Waals surface area (Å²) in [5, 5.41) is 2.53. The first kappa shape index (κ1) is 30.1. The van der Waals surface area contributed by atoms with Crippen LogP contribution in [0.3, 0.4) is 0 Å². The monoisotopic (exact) mass is 566 g/mol. The summed E-state index contributed by atoms with van der Waals surface area (Å²) in [6.07, 6.45) is -3.35. The van der Waals surface area contributed by atoms with Crippen LogP contribution in [0.2, 0.25) is 0 Å². The average molecular weight is 566 g/mol. The molecule has 2 saturated heterocycles. The molecule has 1 aromatic heterocycles. The number of esters is 2. The highest BCUT2D eigenvalue weighted by atomic mass is 31.2. The lowest BCUT2D eigenvalue weighted by Crippen LogP contribution is -2.46. The maximum atomic E-state index is 15.1. The van der Waals surface area contributed by atoms with Crippen LogP contribution >= 0.6 is 7.75 Å². The molecule has 5 atom stereocenters. The molecule has 0 saturated carbocycles. The predicted molar refractivity (Wildman–Crippen MR) is 128 cm³/mol. The van der Waals surface area contributed by atoms with Crippen molar-refractivity contribution in [3.05, 3.63) is 22.7 Å². The minimum absolute atomic E-state index is 0.0478. The fourth-order valence-corrected chi connectivity index (χ4v) is 5.63. The summed E-state index contributed by atoms with van der Waals surface area (Å²) in [5.41, 5.74) is 3.68. The van der Waals surface area contributed by atoms with Gasteiger partial charge in [-0.05, 0) is 39.7 Å². The highest BCUT2D eigenvalue weighted by Crippen LogP contribution is 2.56. The summed E-state index contributed by atoms with van der Waals surface area (Å²) >= 11 is 0. The number of methoxy groups -OCH3 is 1. The van der Waals surface area contributed by atoms with Crippen molar-refractivity contribution >= 4 is 25.5 Å². The van der Waals surface area contributed by atoms with Gasteiger partial charge in [0.15, 0.2) is 6.10 Å². The van der Waals surface area contributed by atoms with E-state index in [1.807, 2.05) is 0 Å². The van der Waals surface area contributed by atoms with E-state index in [9.17, 15) is 18.9 Å². The van der Waals surface area contributed by atoms with Gasteiger partial charge >= 0.3 is 31.3 Å². The zero-order valence-corrected chi connectivity index (χ0v) is 22.5. The number of alkyl halides is 2. The van der Waals surface area contributed by atoms with Gasteiger partial charge in [-0.2, -0.15) is 13.8 Å². The van der Waals surface area contributed by atoms with Crippen molar-refractivity contribution in [3.8, 4) is 0 Å². The Morgan fingerprint density at radius 1 is 1.37 bits per heavy atom. The van der Waals surface area contributed by atoms with E-state index in [1.165, 1.54) is 13.2 Å². The molecule has 0 aromatic carbocycles. The number of rotatable bonds is 10. The third-order valence-electron chi connectivity index (χ3n) is 5.77. The molecule has 214 valence electrons. The summed E-state index contributed by atoms with van der Waals surface area (Å²) in [6, 6.07) is 1.17. The van der Waals surface area contributed by atoms with Crippen LogP contribution in [0.4, 0.5) is 14.6 Å². The molecule has 2 aliphatic rings. The van der Waals surface area contributed by atoms with E-state index in [2.05, 4.69) is 10.1 Å². The standard InChI is InChI=1S/C22H33F2N4O9P/c1-21(2,3)36-16(29)11-13(18(30)33-4)7-5-6-9-26-38(32)34-12-14-17(37-38)22(23,24)19(35-14)28-10-8-15(25)27-20(28)31/h8,10,13-14,17,19H,5-7,9,11-12H2,1-4H3,(H,26,32)(H2,25,27,31)/t13-,14-,17-,19-,38?/m1/s1. The van der Waals surface area contributed by atoms with Gasteiger partial charge in [0.05, 0.1) is 26.1 Å². The van der Waals surface area contributed by atoms with Gasteiger partial charge in [0.25, 0.3) is 0 Å². The van der Waals surface area contributed by atoms with Crippen LogP contribution in [-0.4, -0.2) is 65.5 Å². The van der Waals surface area contributed by atoms with E-state index in [4.69, 9.17) is 29.0 Å². The number of carbonyl (C=O) groups is 2. The number of carbonyl (C=O) groups excluding carboxylic acids is 2. The van der Waals surface area contributed by atoms with Gasteiger partial charge in [0, 0.05) is 12.7 Å². The second-order valence-corrected chi connectivity index (χ2v) is 11.8. The Labute approximate surface area is 217 Å². The molecule has 13 nitrogen and oxygen atoms in total. The van der Waals surface area contributed by atoms with Crippen molar-refractivity contribution in [2.45, 2.75) is 76.4 Å². The lowest BCUT2D eigenvalue weighted by molar-refractivity contribution is -0.160. The normalized spacial score (nSPS) is 27.4. The molecule has 0 spiro atoms. The number of hydrogen-bond acceptors (Lipinski definition) is 11. The van der Waals surface area contributed by atoms with Crippen molar-refractivity contribution in [1.82, 2.24) is 14.6 Å². The minimum Gasteiger partial charge on any atom is -0.469 e. The average Bonchev–Trinajstić information content (AvgIpc) is 3.06. The number of anilines is 1. The fourth-order valence-electron chi connectivity index (χ4n) is 4.06. The number of nitrogens with zero attached hydrogens (tertiary/aromatic N) is 2. The maximum Gasteiger partial charge on any atom is 0.406 e. The van der Waals surface area contributed by atoms with Gasteiger partial charge in [0.1, 0.15) is 17.5 Å². The molecule has 0 radical (unpaired) electrons. The maximum absolute atomic E-state index is 15.1. The van der Waals surface area contributed by atoms with Crippen molar-refractivity contribution in [2.75, 3.05) is 26.0 Å². The molecule has 3 rings (SSSR count). The second-order valence-electron chi connectivity index (χ2n) is 9.98. The van der Waals surface area contributed by atoms with Gasteiger partial charge in [-0.25, -0.2) is 14.4 Å². The molecule has 2 aliphatic heterocycles. The Morgan fingerprint density at radius 3 is 2.71 bits per heavy atom. The van der Waals surface area contributed by atoms with Crippen LogP contribution in [0.25, 0.3) is 0 Å². The van der Waals surface area contributed by atoms with Crippen molar-refractivity contribution in [3.63, 3.8) is 0 Å². The Kier molecular flexibility index (Phi) is 9.30. The zero-order chi connectivity index (χ0) is 28.3. The van der Waals surface area contributed by atoms with Crippen LogP contribution in [0.15, 0.2) is 17.1 Å². The molecule has 0 bridgehead atoms. The van der Waals surface area contributed by atoms with Gasteiger partial charge in [-0.3, -0.25) is 23.2 Å². The zero-order valence-electron chi connectivity index (χ0n) is 21.6. The highest BCUT2D eigenvalue weighted by molar-refractivity contribution is 7.51. The van der Waals surface area contributed by atoms with Crippen LogP contribution in [0.1, 0.15) is 52.7 Å².